The van der Waals surface area contributed by atoms with Crippen LogP contribution in [0.2, 0.25) is 0 Å². The fourth-order valence-electron chi connectivity index (χ4n) is 3.67. The minimum Gasteiger partial charge on any atom is -0.469 e. The summed E-state index contributed by atoms with van der Waals surface area (Å²) in [5.41, 5.74) is 1.31. The highest BCUT2D eigenvalue weighted by atomic mass is 32.1. The molecule has 3 rings (SSSR count). The molecule has 1 fully saturated rings. The number of carbonyl (C=O) groups excluding carboxylic acids is 2. The van der Waals surface area contributed by atoms with Crippen LogP contribution in [-0.4, -0.2) is 30.1 Å². The first-order valence-corrected chi connectivity index (χ1v) is 11.4. The SMILES string of the molecule is COC(=O)C(C)(C)CCc1ncc(-c2ccc(NC(=O)NC3CCCCC3)cc2)s1. The van der Waals surface area contributed by atoms with Gasteiger partial charge in [-0.25, -0.2) is 9.78 Å². The van der Waals surface area contributed by atoms with Gasteiger partial charge in [-0.2, -0.15) is 0 Å². The fourth-order valence-corrected chi connectivity index (χ4v) is 4.60. The lowest BCUT2D eigenvalue weighted by molar-refractivity contribution is -0.151. The van der Waals surface area contributed by atoms with Crippen molar-refractivity contribution in [3.8, 4) is 10.4 Å². The fraction of sp³-hybridized carbons (Fsp3) is 0.522. The molecule has 30 heavy (non-hydrogen) atoms. The number of aromatic nitrogens is 1. The van der Waals surface area contributed by atoms with E-state index in [0.29, 0.717) is 6.42 Å². The Balaban J connectivity index is 1.53. The van der Waals surface area contributed by atoms with Crippen LogP contribution in [0.1, 0.15) is 57.4 Å². The number of ether oxygens (including phenoxy) is 1. The zero-order valence-electron chi connectivity index (χ0n) is 18.0. The summed E-state index contributed by atoms with van der Waals surface area (Å²) in [7, 11) is 1.42. The Morgan fingerprint density at radius 1 is 1.17 bits per heavy atom. The average Bonchev–Trinajstić information content (AvgIpc) is 3.22. The summed E-state index contributed by atoms with van der Waals surface area (Å²) >= 11 is 1.63. The molecule has 0 saturated heterocycles. The molecule has 162 valence electrons. The van der Waals surface area contributed by atoms with Crippen molar-refractivity contribution in [2.45, 2.75) is 64.8 Å². The van der Waals surface area contributed by atoms with Crippen molar-refractivity contribution in [1.82, 2.24) is 10.3 Å². The molecule has 0 aliphatic heterocycles. The topological polar surface area (TPSA) is 80.3 Å². The van der Waals surface area contributed by atoms with Gasteiger partial charge in [-0.3, -0.25) is 4.79 Å². The lowest BCUT2D eigenvalue weighted by atomic mass is 9.88. The van der Waals surface area contributed by atoms with Crippen LogP contribution >= 0.6 is 11.3 Å². The molecule has 1 aliphatic rings. The number of hydrogen-bond acceptors (Lipinski definition) is 5. The number of benzene rings is 1. The predicted octanol–water partition coefficient (Wildman–Crippen LogP) is 5.40. The van der Waals surface area contributed by atoms with E-state index in [1.54, 1.807) is 11.3 Å². The predicted molar refractivity (Wildman–Crippen MR) is 121 cm³/mol. The first-order valence-electron chi connectivity index (χ1n) is 10.6. The van der Waals surface area contributed by atoms with E-state index in [4.69, 9.17) is 4.74 Å². The van der Waals surface area contributed by atoms with E-state index < -0.39 is 5.41 Å². The molecular weight excluding hydrogens is 398 g/mol. The van der Waals surface area contributed by atoms with Gasteiger partial charge in [0, 0.05) is 24.3 Å². The van der Waals surface area contributed by atoms with Crippen molar-refractivity contribution in [3.63, 3.8) is 0 Å². The first-order chi connectivity index (χ1) is 14.4. The Morgan fingerprint density at radius 3 is 2.53 bits per heavy atom. The van der Waals surface area contributed by atoms with Crippen molar-refractivity contribution in [3.05, 3.63) is 35.5 Å². The van der Waals surface area contributed by atoms with E-state index >= 15 is 0 Å². The molecule has 6 nitrogen and oxygen atoms in total. The number of rotatable bonds is 7. The number of nitrogens with one attached hydrogen (secondary N) is 2. The van der Waals surface area contributed by atoms with Gasteiger partial charge in [0.15, 0.2) is 0 Å². The minimum absolute atomic E-state index is 0.136. The third-order valence-electron chi connectivity index (χ3n) is 5.62. The highest BCUT2D eigenvalue weighted by molar-refractivity contribution is 7.15. The van der Waals surface area contributed by atoms with Gasteiger partial charge in [-0.05, 0) is 50.8 Å². The van der Waals surface area contributed by atoms with Crippen molar-refractivity contribution in [2.24, 2.45) is 5.41 Å². The van der Waals surface area contributed by atoms with E-state index in [2.05, 4.69) is 15.6 Å². The second-order valence-electron chi connectivity index (χ2n) is 8.50. The number of urea groups is 1. The average molecular weight is 430 g/mol. The lowest BCUT2D eigenvalue weighted by Gasteiger charge is -2.22. The molecule has 0 spiro atoms. The zero-order valence-corrected chi connectivity index (χ0v) is 18.8. The van der Waals surface area contributed by atoms with E-state index in [9.17, 15) is 9.59 Å². The highest BCUT2D eigenvalue weighted by Gasteiger charge is 2.28. The summed E-state index contributed by atoms with van der Waals surface area (Å²) in [5, 5.41) is 6.98. The normalized spacial score (nSPS) is 14.9. The van der Waals surface area contributed by atoms with E-state index in [1.807, 2.05) is 44.3 Å². The number of nitrogens with zero attached hydrogens (tertiary/aromatic N) is 1. The summed E-state index contributed by atoms with van der Waals surface area (Å²) in [6, 6.07) is 7.96. The molecule has 0 unspecified atom stereocenters. The molecule has 2 N–H and O–H groups in total. The Morgan fingerprint density at radius 2 is 1.87 bits per heavy atom. The minimum atomic E-state index is -0.522. The number of amides is 2. The molecule has 2 aromatic rings. The second-order valence-corrected chi connectivity index (χ2v) is 9.62. The van der Waals surface area contributed by atoms with Crippen LogP contribution in [0.4, 0.5) is 10.5 Å². The van der Waals surface area contributed by atoms with Crippen molar-refractivity contribution >= 4 is 29.0 Å². The van der Waals surface area contributed by atoms with Crippen LogP contribution in [0.3, 0.4) is 0 Å². The maximum absolute atomic E-state index is 12.2. The van der Waals surface area contributed by atoms with Gasteiger partial charge < -0.3 is 15.4 Å². The number of hydrogen-bond donors (Lipinski definition) is 2. The number of anilines is 1. The van der Waals surface area contributed by atoms with Crippen molar-refractivity contribution in [2.75, 3.05) is 12.4 Å². The summed E-state index contributed by atoms with van der Waals surface area (Å²) in [5.74, 6) is -0.199. The Bertz CT molecular complexity index is 855. The molecule has 1 saturated carbocycles. The first kappa shape index (κ1) is 22.3. The summed E-state index contributed by atoms with van der Waals surface area (Å²) < 4.78 is 4.87. The molecule has 2 amide bonds. The molecule has 0 radical (unpaired) electrons. The molecule has 1 heterocycles. The van der Waals surface area contributed by atoms with Crippen molar-refractivity contribution in [1.29, 1.82) is 0 Å². The molecule has 0 atom stereocenters. The number of aryl methyl sites for hydroxylation is 1. The van der Waals surface area contributed by atoms with Crippen LogP contribution in [0, 0.1) is 5.41 Å². The van der Waals surface area contributed by atoms with Crippen LogP contribution in [0.5, 0.6) is 0 Å². The molecule has 1 aromatic heterocycles. The van der Waals surface area contributed by atoms with Gasteiger partial charge in [-0.15, -0.1) is 11.3 Å². The summed E-state index contributed by atoms with van der Waals surface area (Å²) in [4.78, 5) is 29.6. The van der Waals surface area contributed by atoms with Crippen LogP contribution in [0.15, 0.2) is 30.5 Å². The Hall–Kier alpha value is -2.41. The van der Waals surface area contributed by atoms with E-state index in [0.717, 1.165) is 40.4 Å². The lowest BCUT2D eigenvalue weighted by Crippen LogP contribution is -2.38. The summed E-state index contributed by atoms with van der Waals surface area (Å²) in [6.07, 6.45) is 9.06. The zero-order chi connectivity index (χ0) is 21.6. The van der Waals surface area contributed by atoms with Crippen molar-refractivity contribution < 1.29 is 14.3 Å². The maximum atomic E-state index is 12.2. The van der Waals surface area contributed by atoms with Gasteiger partial charge in [0.25, 0.3) is 0 Å². The second kappa shape index (κ2) is 10.1. The van der Waals surface area contributed by atoms with Crippen LogP contribution in [-0.2, 0) is 16.0 Å². The van der Waals surface area contributed by atoms with E-state index in [1.165, 1.54) is 26.4 Å². The van der Waals surface area contributed by atoms with Gasteiger partial charge >= 0.3 is 12.0 Å². The summed E-state index contributed by atoms with van der Waals surface area (Å²) in [6.45, 7) is 3.78. The van der Waals surface area contributed by atoms with Crippen LogP contribution < -0.4 is 10.6 Å². The smallest absolute Gasteiger partial charge is 0.319 e. The van der Waals surface area contributed by atoms with E-state index in [-0.39, 0.29) is 18.0 Å². The monoisotopic (exact) mass is 429 g/mol. The third kappa shape index (κ3) is 6.05. The van der Waals surface area contributed by atoms with Crippen LogP contribution in [0.25, 0.3) is 10.4 Å². The standard InChI is InChI=1S/C23H31N3O3S/c1-23(2,21(27)29-3)14-13-20-24-15-19(30-20)16-9-11-18(12-10-16)26-22(28)25-17-7-5-4-6-8-17/h9-12,15,17H,4-8,13-14H2,1-3H3,(H2,25,26,28). The molecule has 1 aliphatic carbocycles. The molecule has 1 aromatic carbocycles. The molecule has 0 bridgehead atoms. The maximum Gasteiger partial charge on any atom is 0.319 e. The Kier molecular flexibility index (Phi) is 7.48. The molecular formula is C23H31N3O3S. The highest BCUT2D eigenvalue weighted by Crippen LogP contribution is 2.30. The third-order valence-corrected chi connectivity index (χ3v) is 6.73. The largest absolute Gasteiger partial charge is 0.469 e. The van der Waals surface area contributed by atoms with Gasteiger partial charge in [0.2, 0.25) is 0 Å². The number of esters is 1. The van der Waals surface area contributed by atoms with Gasteiger partial charge in [-0.1, -0.05) is 31.4 Å². The number of methoxy groups -OCH3 is 1. The van der Waals surface area contributed by atoms with Gasteiger partial charge in [0.1, 0.15) is 0 Å². The van der Waals surface area contributed by atoms with Gasteiger partial charge in [0.05, 0.1) is 22.4 Å². The Labute approximate surface area is 182 Å². The number of carbonyl (C=O) groups is 2. The molecule has 7 heteroatoms. The quantitative estimate of drug-likeness (QED) is 0.578. The number of thiazole rings is 1.